The highest BCUT2D eigenvalue weighted by atomic mass is 32.2. The molecule has 0 amide bonds. The summed E-state index contributed by atoms with van der Waals surface area (Å²) in [6.45, 7) is 0. The second kappa shape index (κ2) is 5.93. The first kappa shape index (κ1) is 15.9. The van der Waals surface area contributed by atoms with Crippen LogP contribution in [0.2, 0.25) is 0 Å². The van der Waals surface area contributed by atoms with Crippen molar-refractivity contribution in [3.05, 3.63) is 66.4 Å². The maximum absolute atomic E-state index is 13.0. The van der Waals surface area contributed by atoms with Crippen molar-refractivity contribution in [2.45, 2.75) is 11.3 Å². The van der Waals surface area contributed by atoms with Gasteiger partial charge in [-0.1, -0.05) is 36.4 Å². The summed E-state index contributed by atoms with van der Waals surface area (Å²) >= 11 is 0. The second-order valence-electron chi connectivity index (χ2n) is 5.16. The third-order valence-electron chi connectivity index (χ3n) is 3.55. The number of para-hydroxylation sites is 1. The molecule has 3 rings (SSSR count). The molecule has 3 aromatic rings. The lowest BCUT2D eigenvalue weighted by molar-refractivity contribution is -0.135. The van der Waals surface area contributed by atoms with E-state index in [1.54, 1.807) is 42.5 Å². The SMILES string of the molecule is O=C(O)CC(=O)c1cc2ccccc2n1S(=O)(=O)c1ccccc1. The molecule has 0 atom stereocenters. The lowest BCUT2D eigenvalue weighted by atomic mass is 10.2. The third-order valence-corrected chi connectivity index (χ3v) is 5.29. The summed E-state index contributed by atoms with van der Waals surface area (Å²) in [6, 6.07) is 15.7. The number of carboxylic acid groups (broad SMARTS) is 1. The van der Waals surface area contributed by atoms with Crippen molar-refractivity contribution in [2.75, 3.05) is 0 Å². The Labute approximate surface area is 138 Å². The number of hydrogen-bond acceptors (Lipinski definition) is 4. The number of carboxylic acids is 1. The molecule has 1 aromatic heterocycles. The van der Waals surface area contributed by atoms with Crippen molar-refractivity contribution in [1.29, 1.82) is 0 Å². The van der Waals surface area contributed by atoms with Crippen LogP contribution in [-0.4, -0.2) is 29.2 Å². The fourth-order valence-electron chi connectivity index (χ4n) is 2.51. The first-order chi connectivity index (χ1) is 11.4. The number of fused-ring (bicyclic) bond motifs is 1. The van der Waals surface area contributed by atoms with Crippen molar-refractivity contribution in [1.82, 2.24) is 3.97 Å². The normalized spacial score (nSPS) is 11.5. The van der Waals surface area contributed by atoms with Gasteiger partial charge in [-0.05, 0) is 24.3 Å². The molecule has 0 aliphatic heterocycles. The molecule has 2 aromatic carbocycles. The Bertz CT molecular complexity index is 1040. The van der Waals surface area contributed by atoms with E-state index in [1.807, 2.05) is 0 Å². The van der Waals surface area contributed by atoms with Gasteiger partial charge in [-0.25, -0.2) is 12.4 Å². The standard InChI is InChI=1S/C17H13NO5S/c19-16(11-17(20)21)15-10-12-6-4-5-9-14(12)18(15)24(22,23)13-7-2-1-3-8-13/h1-10H,11H2,(H,20,21). The summed E-state index contributed by atoms with van der Waals surface area (Å²) in [5.41, 5.74) is 0.164. The number of Topliss-reactive ketones (excluding diaryl/α,β-unsaturated/α-hetero) is 1. The van der Waals surface area contributed by atoms with Gasteiger partial charge in [-0.2, -0.15) is 0 Å². The van der Waals surface area contributed by atoms with Crippen LogP contribution in [0.25, 0.3) is 10.9 Å². The smallest absolute Gasteiger partial charge is 0.311 e. The van der Waals surface area contributed by atoms with E-state index in [9.17, 15) is 18.0 Å². The molecule has 0 bridgehead atoms. The molecule has 0 spiro atoms. The minimum absolute atomic E-state index is 0.0238. The third kappa shape index (κ3) is 2.69. The number of rotatable bonds is 5. The van der Waals surface area contributed by atoms with Crippen LogP contribution in [0.1, 0.15) is 16.9 Å². The Morgan fingerprint density at radius 1 is 0.958 bits per heavy atom. The van der Waals surface area contributed by atoms with Crippen LogP contribution >= 0.6 is 0 Å². The van der Waals surface area contributed by atoms with E-state index in [2.05, 4.69) is 0 Å². The predicted molar refractivity (Wildman–Crippen MR) is 87.5 cm³/mol. The first-order valence-corrected chi connectivity index (χ1v) is 8.51. The average molecular weight is 343 g/mol. The van der Waals surface area contributed by atoms with Gasteiger partial charge in [0.2, 0.25) is 0 Å². The van der Waals surface area contributed by atoms with Gasteiger partial charge in [0.05, 0.1) is 10.4 Å². The summed E-state index contributed by atoms with van der Waals surface area (Å²) in [7, 11) is -4.03. The molecule has 0 radical (unpaired) electrons. The predicted octanol–water partition coefficient (Wildman–Crippen LogP) is 2.54. The van der Waals surface area contributed by atoms with Crippen molar-refractivity contribution in [3.8, 4) is 0 Å². The zero-order valence-electron chi connectivity index (χ0n) is 12.4. The highest BCUT2D eigenvalue weighted by Gasteiger charge is 2.26. The highest BCUT2D eigenvalue weighted by Crippen LogP contribution is 2.26. The Balaban J connectivity index is 2.30. The highest BCUT2D eigenvalue weighted by molar-refractivity contribution is 7.90. The lowest BCUT2D eigenvalue weighted by Gasteiger charge is -2.11. The molecule has 122 valence electrons. The average Bonchev–Trinajstić information content (AvgIpc) is 2.95. The van der Waals surface area contributed by atoms with Gasteiger partial charge < -0.3 is 5.11 Å². The summed E-state index contributed by atoms with van der Waals surface area (Å²) < 4.78 is 26.9. The van der Waals surface area contributed by atoms with Crippen LogP contribution in [0.4, 0.5) is 0 Å². The molecule has 1 N–H and O–H groups in total. The van der Waals surface area contributed by atoms with Crippen LogP contribution in [0, 0.1) is 0 Å². The van der Waals surface area contributed by atoms with Gasteiger partial charge in [0.25, 0.3) is 10.0 Å². The van der Waals surface area contributed by atoms with E-state index in [4.69, 9.17) is 5.11 Å². The number of aromatic nitrogens is 1. The van der Waals surface area contributed by atoms with Crippen LogP contribution < -0.4 is 0 Å². The lowest BCUT2D eigenvalue weighted by Crippen LogP contribution is -2.19. The number of benzene rings is 2. The summed E-state index contributed by atoms with van der Waals surface area (Å²) in [5.74, 6) is -2.08. The van der Waals surface area contributed by atoms with Gasteiger partial charge in [-0.3, -0.25) is 9.59 Å². The molecule has 0 aliphatic carbocycles. The van der Waals surface area contributed by atoms with Crippen molar-refractivity contribution in [2.24, 2.45) is 0 Å². The van der Waals surface area contributed by atoms with Gasteiger partial charge in [0, 0.05) is 5.39 Å². The molecule has 0 fully saturated rings. The van der Waals surface area contributed by atoms with E-state index in [-0.39, 0.29) is 10.6 Å². The molecule has 6 nitrogen and oxygen atoms in total. The van der Waals surface area contributed by atoms with Crippen molar-refractivity contribution < 1.29 is 23.1 Å². The van der Waals surface area contributed by atoms with E-state index in [0.717, 1.165) is 3.97 Å². The number of ketones is 1. The van der Waals surface area contributed by atoms with Crippen LogP contribution in [0.15, 0.2) is 65.6 Å². The van der Waals surface area contributed by atoms with E-state index in [1.165, 1.54) is 18.2 Å². The van der Waals surface area contributed by atoms with E-state index >= 15 is 0 Å². The zero-order chi connectivity index (χ0) is 17.3. The molecular formula is C17H13NO5S. The van der Waals surface area contributed by atoms with Crippen molar-refractivity contribution >= 4 is 32.7 Å². The number of aliphatic carboxylic acids is 1. The Hall–Kier alpha value is -2.93. The maximum Gasteiger partial charge on any atom is 0.311 e. The zero-order valence-corrected chi connectivity index (χ0v) is 13.2. The quantitative estimate of drug-likeness (QED) is 0.567. The van der Waals surface area contributed by atoms with Crippen LogP contribution in [0.5, 0.6) is 0 Å². The van der Waals surface area contributed by atoms with E-state index in [0.29, 0.717) is 10.9 Å². The minimum Gasteiger partial charge on any atom is -0.481 e. The van der Waals surface area contributed by atoms with Gasteiger partial charge in [0.1, 0.15) is 12.1 Å². The molecule has 0 saturated heterocycles. The van der Waals surface area contributed by atoms with Crippen LogP contribution in [-0.2, 0) is 14.8 Å². The van der Waals surface area contributed by atoms with Gasteiger partial charge >= 0.3 is 5.97 Å². The molecule has 1 heterocycles. The van der Waals surface area contributed by atoms with Crippen LogP contribution in [0.3, 0.4) is 0 Å². The molecular weight excluding hydrogens is 330 g/mol. The van der Waals surface area contributed by atoms with Gasteiger partial charge in [-0.15, -0.1) is 0 Å². The molecule has 7 heteroatoms. The fraction of sp³-hybridized carbons (Fsp3) is 0.0588. The summed E-state index contributed by atoms with van der Waals surface area (Å²) in [4.78, 5) is 23.1. The Morgan fingerprint density at radius 3 is 2.25 bits per heavy atom. The Kier molecular flexibility index (Phi) is 3.94. The monoisotopic (exact) mass is 343 g/mol. The molecule has 0 aliphatic rings. The molecule has 0 saturated carbocycles. The molecule has 24 heavy (non-hydrogen) atoms. The maximum atomic E-state index is 13.0. The van der Waals surface area contributed by atoms with E-state index < -0.39 is 28.2 Å². The Morgan fingerprint density at radius 2 is 1.58 bits per heavy atom. The minimum atomic E-state index is -4.03. The first-order valence-electron chi connectivity index (χ1n) is 7.07. The van der Waals surface area contributed by atoms with Gasteiger partial charge in [0.15, 0.2) is 5.78 Å². The number of carbonyl (C=O) groups excluding carboxylic acids is 1. The topological polar surface area (TPSA) is 93.4 Å². The fourth-order valence-corrected chi connectivity index (χ4v) is 4.06. The number of hydrogen-bond donors (Lipinski definition) is 1. The summed E-state index contributed by atoms with van der Waals surface area (Å²) in [5, 5.41) is 9.40. The van der Waals surface area contributed by atoms with Crippen molar-refractivity contribution in [3.63, 3.8) is 0 Å². The summed E-state index contributed by atoms with van der Waals surface area (Å²) in [6.07, 6.45) is -0.777. The largest absolute Gasteiger partial charge is 0.481 e. The number of carbonyl (C=O) groups is 2. The number of nitrogens with zero attached hydrogens (tertiary/aromatic N) is 1. The molecule has 0 unspecified atom stereocenters. The second-order valence-corrected chi connectivity index (χ2v) is 6.95.